The third kappa shape index (κ3) is 1.46. The van der Waals surface area contributed by atoms with Crippen molar-refractivity contribution in [2.75, 3.05) is 0 Å². The average Bonchev–Trinajstić information content (AvgIpc) is 2.27. The molecule has 2 aromatic rings. The molecule has 0 unspecified atom stereocenters. The van der Waals surface area contributed by atoms with Crippen molar-refractivity contribution in [2.45, 2.75) is 0 Å². The summed E-state index contributed by atoms with van der Waals surface area (Å²) in [7, 11) is 0. The normalized spacial score (nSPS) is 10.2. The van der Waals surface area contributed by atoms with Crippen LogP contribution >= 0.6 is 0 Å². The highest BCUT2D eigenvalue weighted by atomic mass is 16.6. The van der Waals surface area contributed by atoms with Crippen molar-refractivity contribution >= 4 is 22.6 Å². The minimum Gasteiger partial charge on any atom is -0.478 e. The molecule has 1 aromatic heterocycles. The quantitative estimate of drug-likeness (QED) is 0.613. The van der Waals surface area contributed by atoms with Crippen molar-refractivity contribution in [3.05, 3.63) is 46.1 Å². The number of rotatable bonds is 2. The van der Waals surface area contributed by atoms with E-state index in [9.17, 15) is 14.9 Å². The minimum atomic E-state index is -1.12. The van der Waals surface area contributed by atoms with Crippen molar-refractivity contribution in [2.24, 2.45) is 0 Å². The Balaban J connectivity index is 2.86. The molecule has 0 fully saturated rings. The number of hydrogen-bond donors (Lipinski definition) is 1. The molecule has 0 saturated carbocycles. The predicted molar refractivity (Wildman–Crippen MR) is 55.4 cm³/mol. The molecule has 0 aliphatic heterocycles. The van der Waals surface area contributed by atoms with E-state index in [0.717, 1.165) is 0 Å². The number of pyridine rings is 1. The van der Waals surface area contributed by atoms with Crippen LogP contribution in [-0.4, -0.2) is 21.0 Å². The molecule has 0 amide bonds. The summed E-state index contributed by atoms with van der Waals surface area (Å²) in [6.45, 7) is 0. The molecule has 6 nitrogen and oxygen atoms in total. The molecule has 0 aliphatic carbocycles. The molecule has 0 saturated heterocycles. The molecular weight excluding hydrogens is 212 g/mol. The van der Waals surface area contributed by atoms with Gasteiger partial charge in [-0.1, -0.05) is 6.07 Å². The molecule has 0 bridgehead atoms. The Morgan fingerprint density at radius 2 is 2.06 bits per heavy atom. The maximum atomic E-state index is 10.9. The topological polar surface area (TPSA) is 93.3 Å². The molecule has 1 aromatic carbocycles. The summed E-state index contributed by atoms with van der Waals surface area (Å²) >= 11 is 0. The summed E-state index contributed by atoms with van der Waals surface area (Å²) < 4.78 is 0. The SMILES string of the molecule is O=C(O)c1cccc2c([N+](=O)[O-])nccc12. The van der Waals surface area contributed by atoms with E-state index in [0.29, 0.717) is 5.39 Å². The summed E-state index contributed by atoms with van der Waals surface area (Å²) in [4.78, 5) is 24.6. The van der Waals surface area contributed by atoms with Crippen LogP contribution in [0.25, 0.3) is 10.8 Å². The lowest BCUT2D eigenvalue weighted by Crippen LogP contribution is -1.99. The zero-order valence-electron chi connectivity index (χ0n) is 7.95. The molecule has 6 heteroatoms. The first-order chi connectivity index (χ1) is 7.61. The highest BCUT2D eigenvalue weighted by molar-refractivity contribution is 6.05. The maximum Gasteiger partial charge on any atom is 0.371 e. The second kappa shape index (κ2) is 3.58. The van der Waals surface area contributed by atoms with Gasteiger partial charge in [0.15, 0.2) is 0 Å². The van der Waals surface area contributed by atoms with Crippen LogP contribution in [0, 0.1) is 10.1 Å². The minimum absolute atomic E-state index is 0.0306. The Hall–Kier alpha value is -2.50. The van der Waals surface area contributed by atoms with E-state index < -0.39 is 10.9 Å². The van der Waals surface area contributed by atoms with Gasteiger partial charge in [-0.25, -0.2) is 4.79 Å². The standard InChI is InChI=1S/C10H6N2O4/c13-10(14)8-3-1-2-7-6(8)4-5-11-9(7)12(15)16/h1-5H,(H,13,14). The number of carbonyl (C=O) groups is 1. The van der Waals surface area contributed by atoms with Gasteiger partial charge in [0.05, 0.1) is 10.9 Å². The molecule has 0 spiro atoms. The van der Waals surface area contributed by atoms with Crippen LogP contribution in [0.15, 0.2) is 30.5 Å². The van der Waals surface area contributed by atoms with E-state index in [1.54, 1.807) is 0 Å². The molecule has 2 rings (SSSR count). The fourth-order valence-electron chi connectivity index (χ4n) is 1.52. The van der Waals surface area contributed by atoms with Crippen LogP contribution in [0.5, 0.6) is 0 Å². The molecule has 0 atom stereocenters. The number of hydrogen-bond acceptors (Lipinski definition) is 4. The molecule has 80 valence electrons. The van der Waals surface area contributed by atoms with Crippen LogP contribution in [0.4, 0.5) is 5.82 Å². The molecule has 16 heavy (non-hydrogen) atoms. The second-order valence-corrected chi connectivity index (χ2v) is 3.10. The first-order valence-corrected chi connectivity index (χ1v) is 4.36. The molecule has 1 heterocycles. The van der Waals surface area contributed by atoms with Gasteiger partial charge in [0, 0.05) is 5.39 Å². The zero-order chi connectivity index (χ0) is 11.7. The van der Waals surface area contributed by atoms with E-state index in [1.165, 1.54) is 30.5 Å². The van der Waals surface area contributed by atoms with Gasteiger partial charge in [-0.2, -0.15) is 0 Å². The van der Waals surface area contributed by atoms with Crippen LogP contribution in [0.3, 0.4) is 0 Å². The number of nitro groups is 1. The first-order valence-electron chi connectivity index (χ1n) is 4.36. The third-order valence-corrected chi connectivity index (χ3v) is 2.19. The van der Waals surface area contributed by atoms with E-state index >= 15 is 0 Å². The van der Waals surface area contributed by atoms with Crippen molar-refractivity contribution in [1.82, 2.24) is 4.98 Å². The number of aromatic nitrogens is 1. The van der Waals surface area contributed by atoms with Gasteiger partial charge in [0.25, 0.3) is 0 Å². The van der Waals surface area contributed by atoms with Crippen LogP contribution in [0.1, 0.15) is 10.4 Å². The van der Waals surface area contributed by atoms with E-state index in [1.807, 2.05) is 0 Å². The van der Waals surface area contributed by atoms with E-state index in [-0.39, 0.29) is 16.8 Å². The number of benzene rings is 1. The fraction of sp³-hybridized carbons (Fsp3) is 0. The Kier molecular flexibility index (Phi) is 2.24. The lowest BCUT2D eigenvalue weighted by Gasteiger charge is -2.01. The Morgan fingerprint density at radius 3 is 2.69 bits per heavy atom. The lowest BCUT2D eigenvalue weighted by molar-refractivity contribution is -0.387. The van der Waals surface area contributed by atoms with Gasteiger partial charge in [0.1, 0.15) is 6.20 Å². The largest absolute Gasteiger partial charge is 0.478 e. The molecule has 0 radical (unpaired) electrons. The summed E-state index contributed by atoms with van der Waals surface area (Å²) in [5.74, 6) is -1.45. The van der Waals surface area contributed by atoms with Crippen LogP contribution in [0.2, 0.25) is 0 Å². The predicted octanol–water partition coefficient (Wildman–Crippen LogP) is 1.84. The van der Waals surface area contributed by atoms with Gasteiger partial charge in [-0.15, -0.1) is 0 Å². The van der Waals surface area contributed by atoms with E-state index in [2.05, 4.69) is 4.98 Å². The lowest BCUT2D eigenvalue weighted by atomic mass is 10.1. The fourth-order valence-corrected chi connectivity index (χ4v) is 1.52. The Bertz CT molecular complexity index is 541. The Labute approximate surface area is 89.3 Å². The Morgan fingerprint density at radius 1 is 1.31 bits per heavy atom. The van der Waals surface area contributed by atoms with Crippen LogP contribution in [-0.2, 0) is 0 Å². The van der Waals surface area contributed by atoms with Gasteiger partial charge in [-0.3, -0.25) is 0 Å². The molecule has 1 N–H and O–H groups in total. The number of carboxylic acids is 1. The number of carboxylic acid groups (broad SMARTS) is 1. The van der Waals surface area contributed by atoms with Crippen molar-refractivity contribution in [1.29, 1.82) is 0 Å². The average molecular weight is 218 g/mol. The molecular formula is C10H6N2O4. The summed E-state index contributed by atoms with van der Waals surface area (Å²) in [5.41, 5.74) is 0.0306. The number of aromatic carboxylic acids is 1. The first kappa shape index (κ1) is 10.0. The maximum absolute atomic E-state index is 10.9. The summed E-state index contributed by atoms with van der Waals surface area (Å²) in [6, 6.07) is 5.79. The van der Waals surface area contributed by atoms with Gasteiger partial charge >= 0.3 is 11.8 Å². The van der Waals surface area contributed by atoms with Gasteiger partial charge < -0.3 is 15.2 Å². The molecule has 0 aliphatic rings. The van der Waals surface area contributed by atoms with Crippen molar-refractivity contribution in [3.63, 3.8) is 0 Å². The van der Waals surface area contributed by atoms with Gasteiger partial charge in [0.2, 0.25) is 0 Å². The second-order valence-electron chi connectivity index (χ2n) is 3.10. The van der Waals surface area contributed by atoms with Crippen molar-refractivity contribution < 1.29 is 14.8 Å². The van der Waals surface area contributed by atoms with Crippen molar-refractivity contribution in [3.8, 4) is 0 Å². The summed E-state index contributed by atoms with van der Waals surface area (Å²) in [6.07, 6.45) is 1.23. The monoisotopic (exact) mass is 218 g/mol. The van der Waals surface area contributed by atoms with E-state index in [4.69, 9.17) is 5.11 Å². The highest BCUT2D eigenvalue weighted by Crippen LogP contribution is 2.25. The smallest absolute Gasteiger partial charge is 0.371 e. The van der Waals surface area contributed by atoms with Gasteiger partial charge in [-0.05, 0) is 28.1 Å². The highest BCUT2D eigenvalue weighted by Gasteiger charge is 2.16. The number of fused-ring (bicyclic) bond motifs is 1. The number of nitrogens with zero attached hydrogens (tertiary/aromatic N) is 2. The van der Waals surface area contributed by atoms with Crippen LogP contribution < -0.4 is 0 Å². The summed E-state index contributed by atoms with van der Waals surface area (Å²) in [5, 5.41) is 20.2. The third-order valence-electron chi connectivity index (χ3n) is 2.19. The zero-order valence-corrected chi connectivity index (χ0v) is 7.95.